The first-order valence-corrected chi connectivity index (χ1v) is 8.12. The molecule has 3 aliphatic rings. The van der Waals surface area contributed by atoms with E-state index >= 15 is 0 Å². The lowest BCUT2D eigenvalue weighted by Crippen LogP contribution is -2.57. The molecule has 22 heavy (non-hydrogen) atoms. The second-order valence-electron chi connectivity index (χ2n) is 6.13. The van der Waals surface area contributed by atoms with Crippen molar-refractivity contribution in [2.75, 3.05) is 18.5 Å². The fourth-order valence-electron chi connectivity index (χ4n) is 3.35. The Hall–Kier alpha value is -1.55. The molecule has 3 nitrogen and oxygen atoms in total. The third kappa shape index (κ3) is 2.60. The van der Waals surface area contributed by atoms with E-state index in [0.717, 1.165) is 36.0 Å². The molecule has 3 saturated heterocycles. The van der Waals surface area contributed by atoms with Crippen molar-refractivity contribution in [3.8, 4) is 0 Å². The summed E-state index contributed by atoms with van der Waals surface area (Å²) in [4.78, 5) is 0. The molecule has 0 aromatic heterocycles. The van der Waals surface area contributed by atoms with Crippen LogP contribution in [0, 0.1) is 0 Å². The molecule has 2 N–H and O–H groups in total. The molecule has 4 heteroatoms. The van der Waals surface area contributed by atoms with Gasteiger partial charge in [0, 0.05) is 29.0 Å². The van der Waals surface area contributed by atoms with Crippen LogP contribution in [0.25, 0.3) is 0 Å². The average molecular weight is 315 g/mol. The number of hydrogen-bond donors (Lipinski definition) is 2. The minimum atomic E-state index is -0.136. The number of nitrogens with one attached hydrogen (secondary N) is 2. The lowest BCUT2D eigenvalue weighted by atomic mass is 9.81. The molecule has 0 radical (unpaired) electrons. The molecule has 3 aliphatic heterocycles. The Labute approximate surface area is 135 Å². The minimum Gasteiger partial charge on any atom is -0.367 e. The van der Waals surface area contributed by atoms with E-state index in [1.165, 1.54) is 12.0 Å². The molecule has 2 bridgehead atoms. The Balaban J connectivity index is 1.53. The van der Waals surface area contributed by atoms with Gasteiger partial charge in [0.2, 0.25) is 0 Å². The summed E-state index contributed by atoms with van der Waals surface area (Å²) >= 11 is 6.02. The maximum Gasteiger partial charge on any atom is 0.106 e. The van der Waals surface area contributed by atoms with Gasteiger partial charge < -0.3 is 15.4 Å². The largest absolute Gasteiger partial charge is 0.367 e. The van der Waals surface area contributed by atoms with Crippen molar-refractivity contribution in [2.45, 2.75) is 24.5 Å². The Morgan fingerprint density at radius 3 is 2.64 bits per heavy atom. The molecule has 2 unspecified atom stereocenters. The average Bonchev–Trinajstić information content (AvgIpc) is 2.57. The van der Waals surface area contributed by atoms with Gasteiger partial charge in [-0.05, 0) is 48.7 Å². The van der Waals surface area contributed by atoms with Crippen molar-refractivity contribution in [3.05, 3.63) is 59.1 Å². The van der Waals surface area contributed by atoms with E-state index < -0.39 is 0 Å². The third-order valence-electron chi connectivity index (χ3n) is 4.66. The van der Waals surface area contributed by atoms with Gasteiger partial charge in [0.15, 0.2) is 0 Å². The summed E-state index contributed by atoms with van der Waals surface area (Å²) in [5, 5.41) is 7.67. The highest BCUT2D eigenvalue weighted by Gasteiger charge is 2.42. The van der Waals surface area contributed by atoms with Crippen LogP contribution in [0.4, 0.5) is 11.4 Å². The Bertz CT molecular complexity index is 649. The molecule has 0 aliphatic carbocycles. The topological polar surface area (TPSA) is 33.3 Å². The zero-order valence-electron chi connectivity index (χ0n) is 12.3. The quantitative estimate of drug-likeness (QED) is 0.896. The number of anilines is 2. The predicted octanol–water partition coefficient (Wildman–Crippen LogP) is 4.06. The van der Waals surface area contributed by atoms with Gasteiger partial charge in [-0.25, -0.2) is 0 Å². The summed E-state index contributed by atoms with van der Waals surface area (Å²) in [5.41, 5.74) is 3.17. The molecule has 0 amide bonds. The Morgan fingerprint density at radius 1 is 1.14 bits per heavy atom. The number of halogens is 1. The highest BCUT2D eigenvalue weighted by molar-refractivity contribution is 6.30. The fraction of sp³-hybridized carbons (Fsp3) is 0.333. The van der Waals surface area contributed by atoms with Crippen molar-refractivity contribution in [1.29, 1.82) is 0 Å². The van der Waals surface area contributed by atoms with E-state index in [1.54, 1.807) is 0 Å². The highest BCUT2D eigenvalue weighted by Crippen LogP contribution is 2.38. The number of hydrogen-bond acceptors (Lipinski definition) is 3. The SMILES string of the molecule is Clc1cccc(Nc2ccc(C34CCC(CO3)NC4)cc2)c1. The first-order valence-electron chi connectivity index (χ1n) is 7.74. The van der Waals surface area contributed by atoms with Crippen LogP contribution in [-0.2, 0) is 10.3 Å². The number of ether oxygens (including phenoxy) is 1. The molecule has 2 atom stereocenters. The van der Waals surface area contributed by atoms with Gasteiger partial charge in [-0.3, -0.25) is 0 Å². The molecule has 2 aromatic rings. The summed E-state index contributed by atoms with van der Waals surface area (Å²) in [6.07, 6.45) is 2.30. The maximum absolute atomic E-state index is 6.12. The maximum atomic E-state index is 6.12. The van der Waals surface area contributed by atoms with Crippen molar-refractivity contribution in [2.24, 2.45) is 0 Å². The van der Waals surface area contributed by atoms with E-state index in [-0.39, 0.29) is 5.60 Å². The molecular weight excluding hydrogens is 296 g/mol. The lowest BCUT2D eigenvalue weighted by molar-refractivity contribution is -0.129. The molecule has 2 aromatic carbocycles. The van der Waals surface area contributed by atoms with Crippen LogP contribution in [0.2, 0.25) is 5.02 Å². The van der Waals surface area contributed by atoms with Crippen molar-refractivity contribution in [1.82, 2.24) is 5.32 Å². The first-order chi connectivity index (χ1) is 10.7. The van der Waals surface area contributed by atoms with Crippen LogP contribution >= 0.6 is 11.6 Å². The normalized spacial score (nSPS) is 26.9. The molecule has 3 heterocycles. The number of rotatable bonds is 3. The molecule has 3 fully saturated rings. The zero-order chi connectivity index (χ0) is 15.0. The van der Waals surface area contributed by atoms with Crippen molar-refractivity contribution >= 4 is 23.0 Å². The van der Waals surface area contributed by atoms with E-state index in [2.05, 4.69) is 34.9 Å². The van der Waals surface area contributed by atoms with Gasteiger partial charge in [-0.1, -0.05) is 29.8 Å². The Morgan fingerprint density at radius 2 is 2.00 bits per heavy atom. The molecule has 0 spiro atoms. The summed E-state index contributed by atoms with van der Waals surface area (Å²) in [5.74, 6) is 0. The second kappa shape index (κ2) is 5.58. The summed E-state index contributed by atoms with van der Waals surface area (Å²) < 4.78 is 6.12. The van der Waals surface area contributed by atoms with Gasteiger partial charge in [0.1, 0.15) is 5.60 Å². The summed E-state index contributed by atoms with van der Waals surface area (Å²) in [6.45, 7) is 1.74. The number of morpholine rings is 1. The van der Waals surface area contributed by atoms with Gasteiger partial charge >= 0.3 is 0 Å². The van der Waals surface area contributed by atoms with Gasteiger partial charge in [-0.15, -0.1) is 0 Å². The molecule has 0 saturated carbocycles. The molecular formula is C18H19ClN2O. The number of piperidine rings is 1. The Kier molecular flexibility index (Phi) is 3.57. The van der Waals surface area contributed by atoms with Gasteiger partial charge in [0.05, 0.1) is 6.61 Å². The van der Waals surface area contributed by atoms with Crippen LogP contribution in [0.5, 0.6) is 0 Å². The van der Waals surface area contributed by atoms with E-state index in [4.69, 9.17) is 16.3 Å². The number of fused-ring (bicyclic) bond motifs is 3. The van der Waals surface area contributed by atoms with E-state index in [9.17, 15) is 0 Å². The van der Waals surface area contributed by atoms with Crippen LogP contribution in [0.1, 0.15) is 18.4 Å². The van der Waals surface area contributed by atoms with Crippen LogP contribution < -0.4 is 10.6 Å². The monoisotopic (exact) mass is 314 g/mol. The van der Waals surface area contributed by atoms with Crippen LogP contribution in [0.15, 0.2) is 48.5 Å². The van der Waals surface area contributed by atoms with Crippen LogP contribution in [-0.4, -0.2) is 19.2 Å². The standard InChI is InChI=1S/C18H19ClN2O/c19-14-2-1-3-16(10-14)21-15-6-4-13(5-7-15)18-9-8-17(11-22-18)20-12-18/h1-7,10,17,20-21H,8-9,11-12H2. The second-order valence-corrected chi connectivity index (χ2v) is 6.57. The fourth-order valence-corrected chi connectivity index (χ4v) is 3.54. The van der Waals surface area contributed by atoms with Crippen LogP contribution in [0.3, 0.4) is 0 Å². The van der Waals surface area contributed by atoms with Gasteiger partial charge in [0.25, 0.3) is 0 Å². The third-order valence-corrected chi connectivity index (χ3v) is 4.89. The first kappa shape index (κ1) is 14.1. The molecule has 114 valence electrons. The summed E-state index contributed by atoms with van der Waals surface area (Å²) in [6, 6.07) is 16.8. The smallest absolute Gasteiger partial charge is 0.106 e. The summed E-state index contributed by atoms with van der Waals surface area (Å²) in [7, 11) is 0. The zero-order valence-corrected chi connectivity index (χ0v) is 13.1. The number of benzene rings is 2. The van der Waals surface area contributed by atoms with Crippen molar-refractivity contribution in [3.63, 3.8) is 0 Å². The molecule has 5 rings (SSSR count). The lowest BCUT2D eigenvalue weighted by Gasteiger charge is -2.47. The minimum absolute atomic E-state index is 0.136. The van der Waals surface area contributed by atoms with E-state index in [1.807, 2.05) is 24.3 Å². The van der Waals surface area contributed by atoms with E-state index in [0.29, 0.717) is 6.04 Å². The van der Waals surface area contributed by atoms with Crippen molar-refractivity contribution < 1.29 is 4.74 Å². The van der Waals surface area contributed by atoms with Gasteiger partial charge in [-0.2, -0.15) is 0 Å². The predicted molar refractivity (Wildman–Crippen MR) is 89.8 cm³/mol. The highest BCUT2D eigenvalue weighted by atomic mass is 35.5.